The number of urea groups is 1. The van der Waals surface area contributed by atoms with Crippen LogP contribution in [0.4, 0.5) is 4.79 Å². The molecule has 88 valence electrons. The highest BCUT2D eigenvalue weighted by molar-refractivity contribution is 7.18. The first kappa shape index (κ1) is 10.5. The summed E-state index contributed by atoms with van der Waals surface area (Å²) >= 11 is 1.66. The third-order valence-corrected chi connectivity index (χ3v) is 3.99. The van der Waals surface area contributed by atoms with Crippen LogP contribution >= 0.6 is 11.3 Å². The summed E-state index contributed by atoms with van der Waals surface area (Å²) in [4.78, 5) is 19.9. The van der Waals surface area contributed by atoms with E-state index in [2.05, 4.69) is 11.1 Å². The van der Waals surface area contributed by atoms with Gasteiger partial charge in [-0.05, 0) is 12.1 Å². The Kier molecular flexibility index (Phi) is 2.48. The van der Waals surface area contributed by atoms with Crippen LogP contribution in [-0.2, 0) is 6.54 Å². The van der Waals surface area contributed by atoms with Crippen LogP contribution in [0.3, 0.4) is 0 Å². The number of para-hydroxylation sites is 1. The lowest BCUT2D eigenvalue weighted by atomic mass is 10.3. The highest BCUT2D eigenvalue weighted by atomic mass is 32.1. The lowest BCUT2D eigenvalue weighted by Crippen LogP contribution is -2.28. The Labute approximate surface area is 103 Å². The number of rotatable bonds is 2. The Morgan fingerprint density at radius 1 is 1.35 bits per heavy atom. The normalized spacial score (nSPS) is 16.2. The molecule has 0 bridgehead atoms. The molecular weight excluding hydrogens is 234 g/mol. The molecule has 0 unspecified atom stereocenters. The Balaban J connectivity index is 1.83. The summed E-state index contributed by atoms with van der Waals surface area (Å²) in [5, 5.41) is 1.01. The van der Waals surface area contributed by atoms with Gasteiger partial charge in [-0.2, -0.15) is 0 Å². The number of likely N-dealkylation sites (N-methyl/N-ethyl adjacent to an activating group) is 1. The van der Waals surface area contributed by atoms with E-state index in [-0.39, 0.29) is 6.03 Å². The standard InChI is InChI=1S/C12H13N3OS/c1-14-6-7-15(12(14)16)8-11-13-9-4-2-3-5-10(9)17-11/h2-5H,6-8H2,1H3. The monoisotopic (exact) mass is 247 g/mol. The smallest absolute Gasteiger partial charge is 0.320 e. The molecule has 0 spiro atoms. The quantitative estimate of drug-likeness (QED) is 0.815. The molecule has 1 aromatic heterocycles. The number of aromatic nitrogens is 1. The summed E-state index contributed by atoms with van der Waals surface area (Å²) in [6.45, 7) is 2.23. The predicted molar refractivity (Wildman–Crippen MR) is 68.1 cm³/mol. The molecule has 4 nitrogen and oxygen atoms in total. The lowest BCUT2D eigenvalue weighted by molar-refractivity contribution is 0.197. The number of carbonyl (C=O) groups is 1. The van der Waals surface area contributed by atoms with Gasteiger partial charge in [0, 0.05) is 20.1 Å². The van der Waals surface area contributed by atoms with Gasteiger partial charge in [0.1, 0.15) is 5.01 Å². The molecule has 0 N–H and O–H groups in total. The van der Waals surface area contributed by atoms with E-state index in [1.165, 1.54) is 4.70 Å². The molecule has 3 rings (SSSR count). The van der Waals surface area contributed by atoms with Gasteiger partial charge >= 0.3 is 6.03 Å². The maximum Gasteiger partial charge on any atom is 0.320 e. The summed E-state index contributed by atoms with van der Waals surface area (Å²) in [5.41, 5.74) is 1.02. The zero-order chi connectivity index (χ0) is 11.8. The number of hydrogen-bond acceptors (Lipinski definition) is 3. The molecule has 0 radical (unpaired) electrons. The van der Waals surface area contributed by atoms with E-state index < -0.39 is 0 Å². The molecule has 0 atom stereocenters. The first-order valence-electron chi connectivity index (χ1n) is 5.58. The first-order valence-corrected chi connectivity index (χ1v) is 6.40. The molecule has 1 aliphatic heterocycles. The van der Waals surface area contributed by atoms with Crippen LogP contribution in [0.15, 0.2) is 24.3 Å². The molecule has 0 saturated carbocycles. The second-order valence-electron chi connectivity index (χ2n) is 4.20. The summed E-state index contributed by atoms with van der Waals surface area (Å²) in [6, 6.07) is 8.17. The van der Waals surface area contributed by atoms with Gasteiger partial charge in [-0.15, -0.1) is 11.3 Å². The molecule has 17 heavy (non-hydrogen) atoms. The average Bonchev–Trinajstić information content (AvgIpc) is 2.87. The van der Waals surface area contributed by atoms with Gasteiger partial charge in [-0.1, -0.05) is 12.1 Å². The van der Waals surface area contributed by atoms with Crippen LogP contribution in [0.1, 0.15) is 5.01 Å². The molecule has 2 heterocycles. The molecule has 1 fully saturated rings. The van der Waals surface area contributed by atoms with E-state index in [4.69, 9.17) is 0 Å². The number of nitrogens with zero attached hydrogens (tertiary/aromatic N) is 3. The number of carbonyl (C=O) groups excluding carboxylic acids is 1. The van der Waals surface area contributed by atoms with Crippen molar-refractivity contribution in [3.05, 3.63) is 29.3 Å². The molecule has 1 aliphatic rings. The van der Waals surface area contributed by atoms with Crippen molar-refractivity contribution >= 4 is 27.6 Å². The van der Waals surface area contributed by atoms with Gasteiger partial charge in [0.15, 0.2) is 0 Å². The fraction of sp³-hybridized carbons (Fsp3) is 0.333. The van der Waals surface area contributed by atoms with E-state index in [9.17, 15) is 4.79 Å². The number of thiazole rings is 1. The zero-order valence-electron chi connectivity index (χ0n) is 9.59. The van der Waals surface area contributed by atoms with E-state index in [0.717, 1.165) is 23.6 Å². The summed E-state index contributed by atoms with van der Waals surface area (Å²) < 4.78 is 1.18. The minimum Gasteiger partial charge on any atom is -0.326 e. The van der Waals surface area contributed by atoms with Crippen LogP contribution in [0.25, 0.3) is 10.2 Å². The Bertz CT molecular complexity index is 533. The molecule has 1 saturated heterocycles. The van der Waals surface area contributed by atoms with Crippen LogP contribution in [-0.4, -0.2) is 41.0 Å². The Morgan fingerprint density at radius 2 is 2.18 bits per heavy atom. The molecule has 0 aliphatic carbocycles. The van der Waals surface area contributed by atoms with Crippen molar-refractivity contribution in [3.63, 3.8) is 0 Å². The Morgan fingerprint density at radius 3 is 2.88 bits per heavy atom. The van der Waals surface area contributed by atoms with E-state index in [1.54, 1.807) is 16.2 Å². The predicted octanol–water partition coefficient (Wildman–Crippen LogP) is 2.16. The van der Waals surface area contributed by atoms with Crippen molar-refractivity contribution in [3.8, 4) is 0 Å². The van der Waals surface area contributed by atoms with Crippen LogP contribution in [0, 0.1) is 0 Å². The van der Waals surface area contributed by atoms with Crippen LogP contribution in [0.5, 0.6) is 0 Å². The van der Waals surface area contributed by atoms with Crippen molar-refractivity contribution in [2.24, 2.45) is 0 Å². The zero-order valence-corrected chi connectivity index (χ0v) is 10.4. The van der Waals surface area contributed by atoms with E-state index >= 15 is 0 Å². The third-order valence-electron chi connectivity index (χ3n) is 2.97. The molecule has 2 aromatic rings. The van der Waals surface area contributed by atoms with Crippen molar-refractivity contribution < 1.29 is 4.79 Å². The van der Waals surface area contributed by atoms with Crippen molar-refractivity contribution in [1.29, 1.82) is 0 Å². The second kappa shape index (κ2) is 4.00. The number of amides is 2. The van der Waals surface area contributed by atoms with Gasteiger partial charge in [-0.25, -0.2) is 9.78 Å². The molecule has 1 aromatic carbocycles. The van der Waals surface area contributed by atoms with Crippen molar-refractivity contribution in [1.82, 2.24) is 14.8 Å². The van der Waals surface area contributed by atoms with Gasteiger partial charge in [0.05, 0.1) is 16.8 Å². The fourth-order valence-electron chi connectivity index (χ4n) is 2.00. The SMILES string of the molecule is CN1CCN(Cc2nc3ccccc3s2)C1=O. The third kappa shape index (κ3) is 1.86. The minimum atomic E-state index is 0.101. The lowest BCUT2D eigenvalue weighted by Gasteiger charge is -2.13. The van der Waals surface area contributed by atoms with E-state index in [1.807, 2.05) is 30.1 Å². The highest BCUT2D eigenvalue weighted by Gasteiger charge is 2.25. The maximum atomic E-state index is 11.8. The molecule has 2 amide bonds. The van der Waals surface area contributed by atoms with E-state index in [0.29, 0.717) is 6.54 Å². The number of benzene rings is 1. The average molecular weight is 247 g/mol. The van der Waals surface area contributed by atoms with Gasteiger partial charge in [-0.3, -0.25) is 0 Å². The molecular formula is C12H13N3OS. The van der Waals surface area contributed by atoms with Crippen LogP contribution < -0.4 is 0 Å². The largest absolute Gasteiger partial charge is 0.326 e. The van der Waals surface area contributed by atoms with Crippen LogP contribution in [0.2, 0.25) is 0 Å². The maximum absolute atomic E-state index is 11.8. The first-order chi connectivity index (χ1) is 8.24. The summed E-state index contributed by atoms with van der Waals surface area (Å²) in [5.74, 6) is 0. The number of fused-ring (bicyclic) bond motifs is 1. The topological polar surface area (TPSA) is 36.4 Å². The Hall–Kier alpha value is -1.62. The highest BCUT2D eigenvalue weighted by Crippen LogP contribution is 2.23. The second-order valence-corrected chi connectivity index (χ2v) is 5.32. The number of hydrogen-bond donors (Lipinski definition) is 0. The fourth-order valence-corrected chi connectivity index (χ4v) is 2.98. The van der Waals surface area contributed by atoms with Crippen molar-refractivity contribution in [2.75, 3.05) is 20.1 Å². The van der Waals surface area contributed by atoms with Crippen molar-refractivity contribution in [2.45, 2.75) is 6.54 Å². The summed E-state index contributed by atoms with van der Waals surface area (Å²) in [6.07, 6.45) is 0. The van der Waals surface area contributed by atoms with Gasteiger partial charge < -0.3 is 9.80 Å². The van der Waals surface area contributed by atoms with Gasteiger partial charge in [0.2, 0.25) is 0 Å². The molecule has 5 heteroatoms. The minimum absolute atomic E-state index is 0.101. The van der Waals surface area contributed by atoms with Gasteiger partial charge in [0.25, 0.3) is 0 Å². The summed E-state index contributed by atoms with van der Waals surface area (Å²) in [7, 11) is 1.83.